The molecule has 4 rings (SSSR count). The van der Waals surface area contributed by atoms with Gasteiger partial charge in [-0.3, -0.25) is 14.3 Å². The highest BCUT2D eigenvalue weighted by molar-refractivity contribution is 7.99. The Kier molecular flexibility index (Phi) is 6.48. The monoisotopic (exact) mass is 449 g/mol. The third-order valence-electron chi connectivity index (χ3n) is 5.07. The smallest absolute Gasteiger partial charge is 0.233 e. The molecule has 0 aliphatic carbocycles. The van der Waals surface area contributed by atoms with E-state index in [0.717, 1.165) is 22.6 Å². The van der Waals surface area contributed by atoms with Crippen LogP contribution in [0.3, 0.4) is 0 Å². The first-order valence-electron chi connectivity index (χ1n) is 9.84. The lowest BCUT2D eigenvalue weighted by Gasteiger charge is -2.16. The number of hydrogen-bond donors (Lipinski definition) is 0. The van der Waals surface area contributed by atoms with Crippen LogP contribution in [0.5, 0.6) is 0 Å². The number of thiophene rings is 1. The predicted octanol–water partition coefficient (Wildman–Crippen LogP) is 4.76. The molecule has 31 heavy (non-hydrogen) atoms. The third kappa shape index (κ3) is 4.86. The van der Waals surface area contributed by atoms with Gasteiger partial charge in [0.25, 0.3) is 0 Å². The SMILES string of the molecule is Cc1ccc(-n2c(SCC(=O)N(C)Cc3ccsc3)nnc2-c2ccncc2)cc1C. The maximum Gasteiger partial charge on any atom is 0.233 e. The molecule has 0 saturated heterocycles. The van der Waals surface area contributed by atoms with E-state index in [2.05, 4.69) is 52.6 Å². The number of pyridine rings is 1. The molecule has 0 bridgehead atoms. The minimum Gasteiger partial charge on any atom is -0.341 e. The Hall–Kier alpha value is -2.97. The molecular formula is C23H23N5OS2. The standard InChI is InChI=1S/C23H23N5OS2/c1-16-4-5-20(12-17(16)2)28-22(19-6-9-24-10-7-19)25-26-23(28)31-15-21(29)27(3)13-18-8-11-30-14-18/h4-12,14H,13,15H2,1-3H3. The molecule has 6 nitrogen and oxygen atoms in total. The van der Waals surface area contributed by atoms with Gasteiger partial charge in [-0.15, -0.1) is 10.2 Å². The number of carbonyl (C=O) groups excluding carboxylic acids is 1. The van der Waals surface area contributed by atoms with Crippen LogP contribution in [0.1, 0.15) is 16.7 Å². The fourth-order valence-corrected chi connectivity index (χ4v) is 4.68. The second-order valence-electron chi connectivity index (χ2n) is 7.32. The van der Waals surface area contributed by atoms with Crippen LogP contribution < -0.4 is 0 Å². The van der Waals surface area contributed by atoms with Gasteiger partial charge in [0.2, 0.25) is 5.91 Å². The zero-order valence-corrected chi connectivity index (χ0v) is 19.3. The maximum absolute atomic E-state index is 12.7. The molecule has 4 aromatic rings. The van der Waals surface area contributed by atoms with Crippen molar-refractivity contribution in [3.05, 3.63) is 76.2 Å². The summed E-state index contributed by atoms with van der Waals surface area (Å²) in [5.74, 6) is 1.07. The Bertz CT molecular complexity index is 1170. The topological polar surface area (TPSA) is 63.9 Å². The maximum atomic E-state index is 12.7. The van der Waals surface area contributed by atoms with Crippen LogP contribution in [0.4, 0.5) is 0 Å². The molecule has 3 heterocycles. The predicted molar refractivity (Wildman–Crippen MR) is 126 cm³/mol. The Labute approximate surface area is 190 Å². The van der Waals surface area contributed by atoms with Gasteiger partial charge >= 0.3 is 0 Å². The first-order chi connectivity index (χ1) is 15.0. The van der Waals surface area contributed by atoms with Crippen LogP contribution in [-0.2, 0) is 11.3 Å². The molecule has 0 saturated carbocycles. The molecule has 1 aromatic carbocycles. The van der Waals surface area contributed by atoms with Gasteiger partial charge in [-0.05, 0) is 71.6 Å². The van der Waals surface area contributed by atoms with Crippen molar-refractivity contribution in [1.29, 1.82) is 0 Å². The summed E-state index contributed by atoms with van der Waals surface area (Å²) in [6, 6.07) is 12.1. The molecule has 0 radical (unpaired) electrons. The van der Waals surface area contributed by atoms with Gasteiger partial charge in [0, 0.05) is 31.5 Å². The van der Waals surface area contributed by atoms with Crippen molar-refractivity contribution >= 4 is 29.0 Å². The average molecular weight is 450 g/mol. The van der Waals surface area contributed by atoms with Crippen molar-refractivity contribution in [2.75, 3.05) is 12.8 Å². The van der Waals surface area contributed by atoms with Crippen molar-refractivity contribution in [3.8, 4) is 17.1 Å². The molecule has 8 heteroatoms. The van der Waals surface area contributed by atoms with Crippen molar-refractivity contribution in [2.45, 2.75) is 25.5 Å². The zero-order chi connectivity index (χ0) is 21.8. The number of nitrogens with zero attached hydrogens (tertiary/aromatic N) is 5. The van der Waals surface area contributed by atoms with E-state index in [1.165, 1.54) is 22.9 Å². The van der Waals surface area contributed by atoms with E-state index in [-0.39, 0.29) is 5.91 Å². The van der Waals surface area contributed by atoms with E-state index in [1.807, 2.05) is 35.2 Å². The molecule has 3 aromatic heterocycles. The molecule has 158 valence electrons. The lowest BCUT2D eigenvalue weighted by Crippen LogP contribution is -2.27. The Balaban J connectivity index is 1.60. The molecule has 0 unspecified atom stereocenters. The molecule has 0 spiro atoms. The van der Waals surface area contributed by atoms with E-state index in [9.17, 15) is 4.79 Å². The quantitative estimate of drug-likeness (QED) is 0.381. The average Bonchev–Trinajstić information content (AvgIpc) is 3.44. The van der Waals surface area contributed by atoms with Gasteiger partial charge in [0.15, 0.2) is 11.0 Å². The summed E-state index contributed by atoms with van der Waals surface area (Å²) in [7, 11) is 1.83. The van der Waals surface area contributed by atoms with E-state index in [0.29, 0.717) is 17.5 Å². The molecule has 0 fully saturated rings. The van der Waals surface area contributed by atoms with E-state index < -0.39 is 0 Å². The van der Waals surface area contributed by atoms with Gasteiger partial charge < -0.3 is 4.90 Å². The van der Waals surface area contributed by atoms with Gasteiger partial charge in [-0.2, -0.15) is 11.3 Å². The summed E-state index contributed by atoms with van der Waals surface area (Å²) >= 11 is 3.04. The number of carbonyl (C=O) groups is 1. The number of thioether (sulfide) groups is 1. The Morgan fingerprint density at radius 2 is 1.90 bits per heavy atom. The first-order valence-corrected chi connectivity index (χ1v) is 11.8. The second kappa shape index (κ2) is 9.45. The van der Waals surface area contributed by atoms with Crippen LogP contribution in [-0.4, -0.2) is 43.4 Å². The highest BCUT2D eigenvalue weighted by Gasteiger charge is 2.19. The van der Waals surface area contributed by atoms with Gasteiger partial charge in [-0.1, -0.05) is 17.8 Å². The zero-order valence-electron chi connectivity index (χ0n) is 17.6. The van der Waals surface area contributed by atoms with Crippen molar-refractivity contribution in [2.24, 2.45) is 0 Å². The summed E-state index contributed by atoms with van der Waals surface area (Å²) in [4.78, 5) is 18.6. The highest BCUT2D eigenvalue weighted by atomic mass is 32.2. The third-order valence-corrected chi connectivity index (χ3v) is 6.72. The largest absolute Gasteiger partial charge is 0.341 e. The minimum absolute atomic E-state index is 0.0521. The van der Waals surface area contributed by atoms with Crippen molar-refractivity contribution < 1.29 is 4.79 Å². The molecule has 0 aliphatic rings. The molecule has 1 amide bonds. The lowest BCUT2D eigenvalue weighted by molar-refractivity contribution is -0.127. The van der Waals surface area contributed by atoms with Crippen LogP contribution >= 0.6 is 23.1 Å². The number of hydrogen-bond acceptors (Lipinski definition) is 6. The van der Waals surface area contributed by atoms with Crippen LogP contribution in [0.15, 0.2) is 64.7 Å². The van der Waals surface area contributed by atoms with Crippen molar-refractivity contribution in [3.63, 3.8) is 0 Å². The fourth-order valence-electron chi connectivity index (χ4n) is 3.13. The van der Waals surface area contributed by atoms with Gasteiger partial charge in [0.05, 0.1) is 11.4 Å². The number of amides is 1. The molecular weight excluding hydrogens is 426 g/mol. The molecule has 0 aliphatic heterocycles. The molecule has 0 atom stereocenters. The second-order valence-corrected chi connectivity index (χ2v) is 9.04. The Morgan fingerprint density at radius 3 is 2.61 bits per heavy atom. The molecule has 0 N–H and O–H groups in total. The van der Waals surface area contributed by atoms with Crippen molar-refractivity contribution in [1.82, 2.24) is 24.6 Å². The minimum atomic E-state index is 0.0521. The lowest BCUT2D eigenvalue weighted by atomic mass is 10.1. The van der Waals surface area contributed by atoms with Gasteiger partial charge in [0.1, 0.15) is 0 Å². The highest BCUT2D eigenvalue weighted by Crippen LogP contribution is 2.29. The number of aryl methyl sites for hydroxylation is 2. The van der Waals surface area contributed by atoms with E-state index in [1.54, 1.807) is 28.6 Å². The van der Waals surface area contributed by atoms with E-state index in [4.69, 9.17) is 0 Å². The summed E-state index contributed by atoms with van der Waals surface area (Å²) in [5, 5.41) is 13.6. The summed E-state index contributed by atoms with van der Waals surface area (Å²) in [6.07, 6.45) is 3.48. The number of rotatable bonds is 7. The normalized spacial score (nSPS) is 10.9. The van der Waals surface area contributed by atoms with Crippen LogP contribution in [0.2, 0.25) is 0 Å². The summed E-state index contributed by atoms with van der Waals surface area (Å²) in [6.45, 7) is 4.78. The van der Waals surface area contributed by atoms with Crippen LogP contribution in [0.25, 0.3) is 17.1 Å². The summed E-state index contributed by atoms with van der Waals surface area (Å²) < 4.78 is 2.01. The van der Waals surface area contributed by atoms with Gasteiger partial charge in [-0.25, -0.2) is 0 Å². The number of aromatic nitrogens is 4. The van der Waals surface area contributed by atoms with E-state index >= 15 is 0 Å². The number of benzene rings is 1. The summed E-state index contributed by atoms with van der Waals surface area (Å²) in [5.41, 5.74) is 5.45. The van der Waals surface area contributed by atoms with Crippen LogP contribution in [0, 0.1) is 13.8 Å². The first kappa shape index (κ1) is 21.3. The Morgan fingerprint density at radius 1 is 1.10 bits per heavy atom. The fraction of sp³-hybridized carbons (Fsp3) is 0.217.